The van der Waals surface area contributed by atoms with E-state index in [1.807, 2.05) is 0 Å². The number of methoxy groups -OCH3 is 1. The highest BCUT2D eigenvalue weighted by atomic mass is 35.5. The summed E-state index contributed by atoms with van der Waals surface area (Å²) in [6.45, 7) is 0.376. The third-order valence-electron chi connectivity index (χ3n) is 2.81. The predicted molar refractivity (Wildman–Crippen MR) is 79.1 cm³/mol. The highest BCUT2D eigenvalue weighted by Gasteiger charge is 2.14. The van der Waals surface area contributed by atoms with Gasteiger partial charge >= 0.3 is 0 Å². The summed E-state index contributed by atoms with van der Waals surface area (Å²) in [6.07, 6.45) is 0. The van der Waals surface area contributed by atoms with Crippen LogP contribution in [0.4, 0.5) is 5.69 Å². The summed E-state index contributed by atoms with van der Waals surface area (Å²) >= 11 is 6.11. The summed E-state index contributed by atoms with van der Waals surface area (Å²) < 4.78 is 10.7. The minimum absolute atomic E-state index is 0.0798. The summed E-state index contributed by atoms with van der Waals surface area (Å²) in [7, 11) is 1.41. The zero-order chi connectivity index (χ0) is 15.4. The van der Waals surface area contributed by atoms with Crippen LogP contribution in [-0.2, 0) is 6.54 Å². The van der Waals surface area contributed by atoms with Crippen molar-refractivity contribution in [3.8, 4) is 17.2 Å². The van der Waals surface area contributed by atoms with Crippen molar-refractivity contribution in [3.05, 3.63) is 57.1 Å². The first-order valence-electron chi connectivity index (χ1n) is 6.04. The Morgan fingerprint density at radius 2 is 1.90 bits per heavy atom. The number of hydrogen-bond acceptors (Lipinski definition) is 5. The Morgan fingerprint density at radius 1 is 1.19 bits per heavy atom. The summed E-state index contributed by atoms with van der Waals surface area (Å²) in [6, 6.07) is 9.26. The highest BCUT2D eigenvalue weighted by molar-refractivity contribution is 6.32. The molecule has 0 fully saturated rings. The van der Waals surface area contributed by atoms with E-state index in [1.165, 1.54) is 25.3 Å². The molecule has 0 aliphatic heterocycles. The molecule has 2 rings (SSSR count). The normalized spacial score (nSPS) is 10.2. The average molecular weight is 309 g/mol. The summed E-state index contributed by atoms with van der Waals surface area (Å²) in [5.74, 6) is 1.01. The minimum Gasteiger partial charge on any atom is -0.493 e. The Balaban J connectivity index is 2.33. The second-order valence-electron chi connectivity index (χ2n) is 4.16. The number of ether oxygens (including phenoxy) is 2. The van der Waals surface area contributed by atoms with Gasteiger partial charge in [-0.3, -0.25) is 10.1 Å². The number of benzene rings is 2. The van der Waals surface area contributed by atoms with Gasteiger partial charge in [0.2, 0.25) is 0 Å². The van der Waals surface area contributed by atoms with E-state index in [-0.39, 0.29) is 11.4 Å². The van der Waals surface area contributed by atoms with Gasteiger partial charge in [0.15, 0.2) is 11.5 Å². The van der Waals surface area contributed by atoms with Crippen LogP contribution < -0.4 is 15.2 Å². The van der Waals surface area contributed by atoms with E-state index in [9.17, 15) is 10.1 Å². The smallest absolute Gasteiger partial charge is 0.273 e. The van der Waals surface area contributed by atoms with Gasteiger partial charge in [-0.2, -0.15) is 0 Å². The number of halogens is 1. The van der Waals surface area contributed by atoms with Gasteiger partial charge in [0.25, 0.3) is 5.69 Å². The molecule has 0 saturated carbocycles. The van der Waals surface area contributed by atoms with Crippen molar-refractivity contribution in [2.75, 3.05) is 7.11 Å². The van der Waals surface area contributed by atoms with Crippen LogP contribution in [0, 0.1) is 10.1 Å². The molecule has 0 amide bonds. The molecule has 110 valence electrons. The Bertz CT molecular complexity index is 676. The van der Waals surface area contributed by atoms with Crippen LogP contribution in [0.5, 0.6) is 17.2 Å². The molecule has 0 aromatic heterocycles. The van der Waals surface area contributed by atoms with E-state index < -0.39 is 4.92 Å². The number of non-ortho nitro benzene ring substituents is 1. The molecule has 0 saturated heterocycles. The van der Waals surface area contributed by atoms with Gasteiger partial charge in [0.1, 0.15) is 5.75 Å². The lowest BCUT2D eigenvalue weighted by molar-refractivity contribution is -0.384. The van der Waals surface area contributed by atoms with E-state index in [0.29, 0.717) is 23.1 Å². The molecular formula is C14H13ClN2O4. The van der Waals surface area contributed by atoms with Crippen molar-refractivity contribution < 1.29 is 14.4 Å². The first-order valence-corrected chi connectivity index (χ1v) is 6.41. The third-order valence-corrected chi connectivity index (χ3v) is 3.11. The molecule has 0 atom stereocenters. The number of nitrogens with two attached hydrogens (primary N) is 1. The van der Waals surface area contributed by atoms with Crippen LogP contribution in [0.1, 0.15) is 5.56 Å². The van der Waals surface area contributed by atoms with Gasteiger partial charge in [-0.15, -0.1) is 0 Å². The first-order chi connectivity index (χ1) is 10.0. The Hall–Kier alpha value is -2.31. The van der Waals surface area contributed by atoms with Crippen molar-refractivity contribution in [2.45, 2.75) is 6.54 Å². The fourth-order valence-corrected chi connectivity index (χ4v) is 1.97. The molecule has 0 aliphatic rings. The lowest BCUT2D eigenvalue weighted by atomic mass is 10.2. The van der Waals surface area contributed by atoms with Crippen molar-refractivity contribution in [1.82, 2.24) is 0 Å². The number of nitrogens with zero attached hydrogens (tertiary/aromatic N) is 1. The van der Waals surface area contributed by atoms with E-state index in [1.54, 1.807) is 18.2 Å². The SMILES string of the molecule is COc1cc([N+](=O)[O-])ccc1Oc1ccc(CN)cc1Cl. The van der Waals surface area contributed by atoms with E-state index in [0.717, 1.165) is 5.56 Å². The van der Waals surface area contributed by atoms with E-state index >= 15 is 0 Å². The van der Waals surface area contributed by atoms with Crippen molar-refractivity contribution >= 4 is 17.3 Å². The maximum atomic E-state index is 10.7. The fourth-order valence-electron chi connectivity index (χ4n) is 1.73. The maximum absolute atomic E-state index is 10.7. The largest absolute Gasteiger partial charge is 0.493 e. The summed E-state index contributed by atoms with van der Waals surface area (Å²) in [5, 5.41) is 11.1. The zero-order valence-electron chi connectivity index (χ0n) is 11.2. The first kappa shape index (κ1) is 15.1. The molecule has 6 nitrogen and oxygen atoms in total. The number of hydrogen-bond donors (Lipinski definition) is 1. The fraction of sp³-hybridized carbons (Fsp3) is 0.143. The van der Waals surface area contributed by atoms with Crippen molar-refractivity contribution in [3.63, 3.8) is 0 Å². The molecule has 0 radical (unpaired) electrons. The quantitative estimate of drug-likeness (QED) is 0.674. The Kier molecular flexibility index (Phi) is 4.62. The van der Waals surface area contributed by atoms with Crippen LogP contribution >= 0.6 is 11.6 Å². The lowest BCUT2D eigenvalue weighted by Gasteiger charge is -2.11. The van der Waals surface area contributed by atoms with E-state index in [4.69, 9.17) is 26.8 Å². The minimum atomic E-state index is -0.505. The molecule has 0 spiro atoms. The van der Waals surface area contributed by atoms with Crippen LogP contribution in [-0.4, -0.2) is 12.0 Å². The topological polar surface area (TPSA) is 87.6 Å². The molecule has 2 aromatic carbocycles. The van der Waals surface area contributed by atoms with Gasteiger partial charge in [0.05, 0.1) is 23.1 Å². The van der Waals surface area contributed by atoms with Crippen LogP contribution in [0.15, 0.2) is 36.4 Å². The Labute approximate surface area is 126 Å². The lowest BCUT2D eigenvalue weighted by Crippen LogP contribution is -1.97. The summed E-state index contributed by atoms with van der Waals surface area (Å²) in [5.41, 5.74) is 6.33. The van der Waals surface area contributed by atoms with Gasteiger partial charge in [-0.05, 0) is 23.8 Å². The molecule has 21 heavy (non-hydrogen) atoms. The number of rotatable bonds is 5. The molecule has 2 aromatic rings. The maximum Gasteiger partial charge on any atom is 0.273 e. The van der Waals surface area contributed by atoms with E-state index in [2.05, 4.69) is 0 Å². The second kappa shape index (κ2) is 6.43. The third kappa shape index (κ3) is 3.42. The highest BCUT2D eigenvalue weighted by Crippen LogP contribution is 2.37. The molecule has 0 aliphatic carbocycles. The average Bonchev–Trinajstić information content (AvgIpc) is 2.49. The van der Waals surface area contributed by atoms with Gasteiger partial charge < -0.3 is 15.2 Å². The number of nitro groups is 1. The summed E-state index contributed by atoms with van der Waals surface area (Å²) in [4.78, 5) is 10.2. The molecule has 0 bridgehead atoms. The number of nitro benzene ring substituents is 1. The predicted octanol–water partition coefficient (Wildman–Crippen LogP) is 3.51. The zero-order valence-corrected chi connectivity index (χ0v) is 12.0. The van der Waals surface area contributed by atoms with Crippen molar-refractivity contribution in [1.29, 1.82) is 0 Å². The van der Waals surface area contributed by atoms with Crippen LogP contribution in [0.2, 0.25) is 5.02 Å². The Morgan fingerprint density at radius 3 is 2.48 bits per heavy atom. The molecule has 7 heteroatoms. The van der Waals surface area contributed by atoms with Crippen LogP contribution in [0.25, 0.3) is 0 Å². The monoisotopic (exact) mass is 308 g/mol. The molecule has 2 N–H and O–H groups in total. The molecular weight excluding hydrogens is 296 g/mol. The van der Waals surface area contributed by atoms with Crippen LogP contribution in [0.3, 0.4) is 0 Å². The van der Waals surface area contributed by atoms with Gasteiger partial charge in [0, 0.05) is 12.6 Å². The van der Waals surface area contributed by atoms with Crippen molar-refractivity contribution in [2.24, 2.45) is 5.73 Å². The molecule has 0 heterocycles. The van der Waals surface area contributed by atoms with Gasteiger partial charge in [-0.25, -0.2) is 0 Å². The van der Waals surface area contributed by atoms with Gasteiger partial charge in [-0.1, -0.05) is 17.7 Å². The standard InChI is InChI=1S/C14H13ClN2O4/c1-20-14-7-10(17(18)19)3-5-13(14)21-12-4-2-9(8-16)6-11(12)15/h2-7H,8,16H2,1H3. The second-order valence-corrected chi connectivity index (χ2v) is 4.57. The molecule has 0 unspecified atom stereocenters.